The number of carbonyl (C=O) groups excluding carboxylic acids is 1. The molecule has 1 aromatic carbocycles. The number of likely N-dealkylation sites (N-methyl/N-ethyl adjacent to an activating group) is 1. The minimum atomic E-state index is -0.508. The van der Waals surface area contributed by atoms with Crippen molar-refractivity contribution in [2.75, 3.05) is 13.6 Å². The van der Waals surface area contributed by atoms with Crippen LogP contribution in [0.2, 0.25) is 0 Å². The van der Waals surface area contributed by atoms with Crippen molar-refractivity contribution in [1.82, 2.24) is 25.5 Å². The number of aryl methyl sites for hydroxylation is 1. The largest absolute Gasteiger partial charge is 0.341 e. The summed E-state index contributed by atoms with van der Waals surface area (Å²) >= 11 is 0. The molecule has 0 saturated carbocycles. The SMILES string of the molecule is Cc1cc(C(=O)N(C)C[C@H](C)c2nn[nH]n2)cc([N+](=O)[O-])c1. The van der Waals surface area contributed by atoms with Crippen LogP contribution in [0.15, 0.2) is 18.2 Å². The van der Waals surface area contributed by atoms with E-state index >= 15 is 0 Å². The average Bonchev–Trinajstić information content (AvgIpc) is 2.99. The van der Waals surface area contributed by atoms with E-state index < -0.39 is 4.92 Å². The first-order valence-electron chi connectivity index (χ1n) is 6.63. The van der Waals surface area contributed by atoms with Gasteiger partial charge in [0, 0.05) is 37.2 Å². The van der Waals surface area contributed by atoms with E-state index in [0.717, 1.165) is 0 Å². The summed E-state index contributed by atoms with van der Waals surface area (Å²) in [7, 11) is 1.63. The lowest BCUT2D eigenvalue weighted by atomic mass is 10.1. The molecule has 1 amide bonds. The molecule has 2 aromatic rings. The Morgan fingerprint density at radius 3 is 2.77 bits per heavy atom. The number of nitrogens with zero attached hydrogens (tertiary/aromatic N) is 5. The van der Waals surface area contributed by atoms with E-state index in [1.165, 1.54) is 17.0 Å². The van der Waals surface area contributed by atoms with Gasteiger partial charge in [0.25, 0.3) is 11.6 Å². The second kappa shape index (κ2) is 6.29. The molecular weight excluding hydrogens is 288 g/mol. The molecule has 1 N–H and O–H groups in total. The van der Waals surface area contributed by atoms with Gasteiger partial charge in [-0.25, -0.2) is 0 Å². The van der Waals surface area contributed by atoms with Crippen LogP contribution in [0.5, 0.6) is 0 Å². The predicted octanol–water partition coefficient (Wildman–Crippen LogP) is 1.29. The third kappa shape index (κ3) is 3.43. The summed E-state index contributed by atoms with van der Waals surface area (Å²) in [4.78, 5) is 24.3. The van der Waals surface area contributed by atoms with E-state index in [2.05, 4.69) is 20.6 Å². The lowest BCUT2D eigenvalue weighted by Crippen LogP contribution is -2.30. The third-order valence-corrected chi connectivity index (χ3v) is 3.22. The van der Waals surface area contributed by atoms with Gasteiger partial charge in [-0.2, -0.15) is 5.21 Å². The summed E-state index contributed by atoms with van der Waals surface area (Å²) in [5.41, 5.74) is 0.856. The molecule has 9 heteroatoms. The second-order valence-corrected chi connectivity index (χ2v) is 5.17. The van der Waals surface area contributed by atoms with E-state index in [1.807, 2.05) is 6.92 Å². The summed E-state index contributed by atoms with van der Waals surface area (Å²) in [6.07, 6.45) is 0. The molecular formula is C13H16N6O3. The Bertz CT molecular complexity index is 685. The fourth-order valence-corrected chi connectivity index (χ4v) is 2.17. The van der Waals surface area contributed by atoms with E-state index in [-0.39, 0.29) is 23.1 Å². The van der Waals surface area contributed by atoms with Gasteiger partial charge in [-0.05, 0) is 18.6 Å². The number of benzene rings is 1. The number of amides is 1. The number of H-pyrrole nitrogens is 1. The molecule has 1 atom stereocenters. The number of nitro benzene ring substituents is 1. The zero-order chi connectivity index (χ0) is 16.3. The van der Waals surface area contributed by atoms with E-state index in [0.29, 0.717) is 17.9 Å². The van der Waals surface area contributed by atoms with Gasteiger partial charge in [-0.3, -0.25) is 14.9 Å². The van der Waals surface area contributed by atoms with Crippen molar-refractivity contribution < 1.29 is 9.72 Å². The first kappa shape index (κ1) is 15.5. The number of non-ortho nitro benzene ring substituents is 1. The second-order valence-electron chi connectivity index (χ2n) is 5.17. The first-order chi connectivity index (χ1) is 10.4. The zero-order valence-corrected chi connectivity index (χ0v) is 12.5. The quantitative estimate of drug-likeness (QED) is 0.657. The first-order valence-corrected chi connectivity index (χ1v) is 6.63. The molecule has 2 rings (SSSR count). The standard InChI is InChI=1S/C13H16N6O3/c1-8-4-10(6-11(5-8)19(21)22)13(20)18(3)7-9(2)12-14-16-17-15-12/h4-6,9H,7H2,1-3H3,(H,14,15,16,17)/t9-/m0/s1. The Labute approximate surface area is 126 Å². The molecule has 116 valence electrons. The van der Waals surface area contributed by atoms with E-state index in [1.54, 1.807) is 20.0 Å². The van der Waals surface area contributed by atoms with Crippen LogP contribution in [-0.2, 0) is 0 Å². The fourth-order valence-electron chi connectivity index (χ4n) is 2.17. The monoisotopic (exact) mass is 304 g/mol. The highest BCUT2D eigenvalue weighted by atomic mass is 16.6. The summed E-state index contributed by atoms with van der Waals surface area (Å²) in [6.45, 7) is 3.96. The molecule has 0 bridgehead atoms. The predicted molar refractivity (Wildman–Crippen MR) is 77.4 cm³/mol. The van der Waals surface area contributed by atoms with Crippen molar-refractivity contribution in [2.24, 2.45) is 0 Å². The molecule has 0 spiro atoms. The molecule has 0 aliphatic heterocycles. The van der Waals surface area contributed by atoms with Crippen LogP contribution in [0.4, 0.5) is 5.69 Å². The molecule has 0 aliphatic carbocycles. The molecule has 1 heterocycles. The highest BCUT2D eigenvalue weighted by Crippen LogP contribution is 2.19. The topological polar surface area (TPSA) is 118 Å². The van der Waals surface area contributed by atoms with Gasteiger partial charge in [0.1, 0.15) is 0 Å². The molecule has 0 saturated heterocycles. The number of tetrazole rings is 1. The van der Waals surface area contributed by atoms with Crippen LogP contribution in [0.1, 0.15) is 34.6 Å². The Hall–Kier alpha value is -2.84. The normalized spacial score (nSPS) is 12.0. The van der Waals surface area contributed by atoms with Crippen molar-refractivity contribution in [1.29, 1.82) is 0 Å². The minimum Gasteiger partial charge on any atom is -0.341 e. The maximum Gasteiger partial charge on any atom is 0.270 e. The lowest BCUT2D eigenvalue weighted by molar-refractivity contribution is -0.384. The van der Waals surface area contributed by atoms with Gasteiger partial charge in [0.15, 0.2) is 5.82 Å². The van der Waals surface area contributed by atoms with E-state index in [9.17, 15) is 14.9 Å². The Kier molecular flexibility index (Phi) is 4.44. The van der Waals surface area contributed by atoms with Gasteiger partial charge >= 0.3 is 0 Å². The maximum absolute atomic E-state index is 12.4. The van der Waals surface area contributed by atoms with Crippen LogP contribution in [0.25, 0.3) is 0 Å². The number of aromatic nitrogens is 4. The Morgan fingerprint density at radius 2 is 2.18 bits per heavy atom. The molecule has 1 aromatic heterocycles. The van der Waals surface area contributed by atoms with Crippen molar-refractivity contribution in [3.63, 3.8) is 0 Å². The van der Waals surface area contributed by atoms with Crippen molar-refractivity contribution in [3.8, 4) is 0 Å². The summed E-state index contributed by atoms with van der Waals surface area (Å²) < 4.78 is 0. The average molecular weight is 304 g/mol. The smallest absolute Gasteiger partial charge is 0.270 e. The highest BCUT2D eigenvalue weighted by molar-refractivity contribution is 5.95. The molecule has 22 heavy (non-hydrogen) atoms. The summed E-state index contributed by atoms with van der Waals surface area (Å²) in [5, 5.41) is 24.5. The minimum absolute atomic E-state index is 0.0945. The number of hydrogen-bond donors (Lipinski definition) is 1. The molecule has 0 aliphatic rings. The van der Waals surface area contributed by atoms with Crippen molar-refractivity contribution in [3.05, 3.63) is 45.3 Å². The van der Waals surface area contributed by atoms with E-state index in [4.69, 9.17) is 0 Å². The number of aromatic amines is 1. The zero-order valence-electron chi connectivity index (χ0n) is 12.5. The Balaban J connectivity index is 2.15. The van der Waals surface area contributed by atoms with Gasteiger partial charge in [0.05, 0.1) is 4.92 Å². The molecule has 0 fully saturated rings. The maximum atomic E-state index is 12.4. The van der Waals surface area contributed by atoms with Gasteiger partial charge in [0.2, 0.25) is 0 Å². The number of rotatable bonds is 5. The molecule has 9 nitrogen and oxygen atoms in total. The van der Waals surface area contributed by atoms with Gasteiger partial charge in [-0.1, -0.05) is 12.1 Å². The van der Waals surface area contributed by atoms with Gasteiger partial charge < -0.3 is 4.90 Å². The van der Waals surface area contributed by atoms with Crippen LogP contribution in [0, 0.1) is 17.0 Å². The van der Waals surface area contributed by atoms with Crippen molar-refractivity contribution >= 4 is 11.6 Å². The van der Waals surface area contributed by atoms with Crippen LogP contribution >= 0.6 is 0 Å². The number of nitro groups is 1. The van der Waals surface area contributed by atoms with Crippen LogP contribution in [0.3, 0.4) is 0 Å². The summed E-state index contributed by atoms with van der Waals surface area (Å²) in [5.74, 6) is 0.115. The highest BCUT2D eigenvalue weighted by Gasteiger charge is 2.20. The van der Waals surface area contributed by atoms with Crippen LogP contribution in [-0.4, -0.2) is 49.9 Å². The number of nitrogens with one attached hydrogen (secondary N) is 1. The molecule has 0 radical (unpaired) electrons. The molecule has 0 unspecified atom stereocenters. The lowest BCUT2D eigenvalue weighted by Gasteiger charge is -2.20. The third-order valence-electron chi connectivity index (χ3n) is 3.22. The Morgan fingerprint density at radius 1 is 1.45 bits per heavy atom. The van der Waals surface area contributed by atoms with Crippen LogP contribution < -0.4 is 0 Å². The number of hydrogen-bond acceptors (Lipinski definition) is 6. The van der Waals surface area contributed by atoms with Crippen molar-refractivity contribution in [2.45, 2.75) is 19.8 Å². The summed E-state index contributed by atoms with van der Waals surface area (Å²) in [6, 6.07) is 4.34. The fraction of sp³-hybridized carbons (Fsp3) is 0.385. The number of carbonyl (C=O) groups is 1. The van der Waals surface area contributed by atoms with Gasteiger partial charge in [-0.15, -0.1) is 10.2 Å².